The lowest BCUT2D eigenvalue weighted by Crippen LogP contribution is -2.29. The van der Waals surface area contributed by atoms with Gasteiger partial charge in [-0.3, -0.25) is 24.2 Å². The summed E-state index contributed by atoms with van der Waals surface area (Å²) in [5.74, 6) is -1.36. The van der Waals surface area contributed by atoms with E-state index in [4.69, 9.17) is 4.74 Å². The summed E-state index contributed by atoms with van der Waals surface area (Å²) in [5.41, 5.74) is -0.509. The van der Waals surface area contributed by atoms with E-state index in [0.717, 1.165) is 11.8 Å². The van der Waals surface area contributed by atoms with E-state index in [1.54, 1.807) is 30.3 Å². The molecule has 1 heterocycles. The second kappa shape index (κ2) is 11.0. The number of hydrogen-bond donors (Lipinski definition) is 4. The molecule has 29 heavy (non-hydrogen) atoms. The van der Waals surface area contributed by atoms with E-state index in [0.29, 0.717) is 18.7 Å². The van der Waals surface area contributed by atoms with E-state index in [9.17, 15) is 19.2 Å². The van der Waals surface area contributed by atoms with Gasteiger partial charge in [0.15, 0.2) is 16.7 Å². The van der Waals surface area contributed by atoms with Crippen LogP contribution in [0.25, 0.3) is 0 Å². The van der Waals surface area contributed by atoms with Crippen LogP contribution in [0.3, 0.4) is 0 Å². The molecule has 0 saturated heterocycles. The van der Waals surface area contributed by atoms with Crippen molar-refractivity contribution < 1.29 is 19.1 Å². The molecule has 0 aliphatic heterocycles. The molecule has 2 rings (SSSR count). The Kier molecular flexibility index (Phi) is 8.37. The predicted octanol–water partition coefficient (Wildman–Crippen LogP) is 0.835. The molecule has 154 valence electrons. The lowest BCUT2D eigenvalue weighted by Gasteiger charge is -2.11. The number of carbonyl (C=O) groups is 3. The van der Waals surface area contributed by atoms with Crippen LogP contribution in [0.5, 0.6) is 0 Å². The monoisotopic (exact) mass is 419 g/mol. The Hall–Kier alpha value is -3.18. The minimum Gasteiger partial charge on any atom is -0.383 e. The van der Waals surface area contributed by atoms with Crippen molar-refractivity contribution in [3.05, 3.63) is 46.2 Å². The van der Waals surface area contributed by atoms with Crippen molar-refractivity contribution in [2.24, 2.45) is 0 Å². The van der Waals surface area contributed by atoms with Crippen LogP contribution in [-0.2, 0) is 14.3 Å². The van der Waals surface area contributed by atoms with E-state index in [-0.39, 0.29) is 28.3 Å². The molecule has 0 saturated carbocycles. The third kappa shape index (κ3) is 7.05. The topological polar surface area (TPSA) is 142 Å². The minimum absolute atomic E-state index is 0.00187. The third-order valence-corrected chi connectivity index (χ3v) is 4.31. The Balaban J connectivity index is 2.17. The highest BCUT2D eigenvalue weighted by Gasteiger charge is 2.17. The van der Waals surface area contributed by atoms with E-state index < -0.39 is 17.4 Å². The van der Waals surface area contributed by atoms with Crippen LogP contribution in [0.2, 0.25) is 0 Å². The van der Waals surface area contributed by atoms with Gasteiger partial charge in [-0.2, -0.15) is 0 Å². The molecule has 11 heteroatoms. The van der Waals surface area contributed by atoms with E-state index >= 15 is 0 Å². The number of ether oxygens (including phenoxy) is 1. The highest BCUT2D eigenvalue weighted by Crippen LogP contribution is 2.20. The van der Waals surface area contributed by atoms with Gasteiger partial charge in [-0.05, 0) is 12.1 Å². The smallest absolute Gasteiger partial charge is 0.277 e. The number of rotatable bonds is 9. The van der Waals surface area contributed by atoms with Gasteiger partial charge in [0, 0.05) is 26.1 Å². The zero-order valence-corrected chi connectivity index (χ0v) is 16.7. The Labute approximate surface area is 170 Å². The SMILES string of the molecule is COCCNC(=O)CSc1nc(NC(C)=O)c(NC(=O)c2ccccc2)c(=O)[nH]1. The zero-order chi connectivity index (χ0) is 21.2. The standard InChI is InChI=1S/C18H21N5O5S/c1-11(24)20-15-14(21-16(26)12-6-4-3-5-7-12)17(27)23-18(22-15)29-10-13(25)19-8-9-28-2/h3-7H,8-10H2,1-2H3,(H,19,25)(H,21,26)(H2,20,22,23,24,27). The Bertz CT molecular complexity index is 932. The second-order valence-electron chi connectivity index (χ2n) is 5.73. The van der Waals surface area contributed by atoms with Crippen molar-refractivity contribution >= 4 is 41.0 Å². The number of H-pyrrole nitrogens is 1. The van der Waals surface area contributed by atoms with E-state index in [2.05, 4.69) is 25.9 Å². The maximum atomic E-state index is 12.5. The highest BCUT2D eigenvalue weighted by atomic mass is 32.2. The summed E-state index contributed by atoms with van der Waals surface area (Å²) < 4.78 is 4.84. The third-order valence-electron chi connectivity index (χ3n) is 3.43. The summed E-state index contributed by atoms with van der Waals surface area (Å²) in [7, 11) is 1.53. The molecule has 2 aromatic rings. The second-order valence-corrected chi connectivity index (χ2v) is 6.69. The first-order valence-corrected chi connectivity index (χ1v) is 9.56. The summed E-state index contributed by atoms with van der Waals surface area (Å²) in [5, 5.41) is 7.65. The lowest BCUT2D eigenvalue weighted by atomic mass is 10.2. The number of hydrogen-bond acceptors (Lipinski definition) is 7. The molecule has 1 aromatic heterocycles. The quantitative estimate of drug-likeness (QED) is 0.268. The van der Waals surface area contributed by atoms with Gasteiger partial charge in [-0.25, -0.2) is 4.98 Å². The average molecular weight is 419 g/mol. The summed E-state index contributed by atoms with van der Waals surface area (Å²) >= 11 is 0.982. The highest BCUT2D eigenvalue weighted by molar-refractivity contribution is 7.99. The van der Waals surface area contributed by atoms with Crippen LogP contribution in [0.1, 0.15) is 17.3 Å². The molecular formula is C18H21N5O5S. The van der Waals surface area contributed by atoms with Crippen LogP contribution < -0.4 is 21.5 Å². The predicted molar refractivity (Wildman–Crippen MR) is 109 cm³/mol. The first-order chi connectivity index (χ1) is 13.9. The molecule has 10 nitrogen and oxygen atoms in total. The van der Waals surface area contributed by atoms with Gasteiger partial charge in [0.1, 0.15) is 0 Å². The van der Waals surface area contributed by atoms with Gasteiger partial charge in [0.25, 0.3) is 11.5 Å². The zero-order valence-electron chi connectivity index (χ0n) is 15.9. The van der Waals surface area contributed by atoms with Crippen molar-refractivity contribution in [3.63, 3.8) is 0 Å². The molecule has 0 radical (unpaired) electrons. The first-order valence-electron chi connectivity index (χ1n) is 8.57. The fraction of sp³-hybridized carbons (Fsp3) is 0.278. The maximum Gasteiger partial charge on any atom is 0.277 e. The first kappa shape index (κ1) is 22.1. The normalized spacial score (nSPS) is 10.3. The largest absolute Gasteiger partial charge is 0.383 e. The van der Waals surface area contributed by atoms with Gasteiger partial charge in [-0.15, -0.1) is 0 Å². The molecular weight excluding hydrogens is 398 g/mol. The number of thioether (sulfide) groups is 1. The Morgan fingerprint density at radius 1 is 1.17 bits per heavy atom. The van der Waals surface area contributed by atoms with Gasteiger partial charge in [-0.1, -0.05) is 30.0 Å². The molecule has 0 spiro atoms. The van der Waals surface area contributed by atoms with Crippen LogP contribution in [0.15, 0.2) is 40.3 Å². The van der Waals surface area contributed by atoms with Crippen LogP contribution >= 0.6 is 11.8 Å². The maximum absolute atomic E-state index is 12.5. The number of nitrogens with zero attached hydrogens (tertiary/aromatic N) is 1. The Morgan fingerprint density at radius 2 is 1.90 bits per heavy atom. The average Bonchev–Trinajstić information content (AvgIpc) is 2.69. The molecule has 0 atom stereocenters. The van der Waals surface area contributed by atoms with Crippen LogP contribution in [0, 0.1) is 0 Å². The van der Waals surface area contributed by atoms with Crippen molar-refractivity contribution in [2.45, 2.75) is 12.1 Å². The minimum atomic E-state index is -0.657. The number of carbonyl (C=O) groups excluding carboxylic acids is 3. The van der Waals surface area contributed by atoms with E-state index in [1.165, 1.54) is 14.0 Å². The van der Waals surface area contributed by atoms with Crippen molar-refractivity contribution in [1.82, 2.24) is 15.3 Å². The molecule has 0 unspecified atom stereocenters. The molecule has 3 amide bonds. The number of amides is 3. The van der Waals surface area contributed by atoms with Gasteiger partial charge >= 0.3 is 0 Å². The fourth-order valence-electron chi connectivity index (χ4n) is 2.15. The molecule has 1 aromatic carbocycles. The number of methoxy groups -OCH3 is 1. The number of benzene rings is 1. The summed E-state index contributed by atoms with van der Waals surface area (Å²) in [6.45, 7) is 2.00. The number of aromatic amines is 1. The molecule has 0 aliphatic carbocycles. The molecule has 0 fully saturated rings. The summed E-state index contributed by atoms with van der Waals surface area (Å²) in [6.07, 6.45) is 0. The number of nitrogens with one attached hydrogen (secondary N) is 4. The van der Waals surface area contributed by atoms with Gasteiger partial charge in [0.05, 0.1) is 12.4 Å². The summed E-state index contributed by atoms with van der Waals surface area (Å²) in [6, 6.07) is 8.29. The van der Waals surface area contributed by atoms with E-state index in [1.807, 2.05) is 0 Å². The van der Waals surface area contributed by atoms with Gasteiger partial charge < -0.3 is 20.7 Å². The van der Waals surface area contributed by atoms with Crippen molar-refractivity contribution in [3.8, 4) is 0 Å². The Morgan fingerprint density at radius 3 is 2.55 bits per heavy atom. The number of aromatic nitrogens is 2. The summed E-state index contributed by atoms with van der Waals surface area (Å²) in [4.78, 5) is 54.7. The van der Waals surface area contributed by atoms with Crippen molar-refractivity contribution in [1.29, 1.82) is 0 Å². The molecule has 4 N–H and O–H groups in total. The number of anilines is 2. The fourth-order valence-corrected chi connectivity index (χ4v) is 2.84. The van der Waals surface area contributed by atoms with Gasteiger partial charge in [0.2, 0.25) is 11.8 Å². The molecule has 0 aliphatic rings. The van der Waals surface area contributed by atoms with Crippen LogP contribution in [0.4, 0.5) is 11.5 Å². The lowest BCUT2D eigenvalue weighted by molar-refractivity contribution is -0.118. The van der Waals surface area contributed by atoms with Crippen molar-refractivity contribution in [2.75, 3.05) is 36.6 Å². The molecule has 0 bridgehead atoms. The van der Waals surface area contributed by atoms with Crippen LogP contribution in [-0.4, -0.2) is 53.7 Å².